The molecule has 1 aromatic heterocycles. The standard InChI is InChI=1S/C22H32N2O4/c1-3-27-22-7-5-18(12-19(22)16-26)13-23-9-10-24(20(14-23)8-11-25)15-21-6-4-17(2)28-21/h4-7,12,20,25-26H,3,8-11,13-16H2,1-2H3/t20-/m0/s1. The number of hydrogen-bond acceptors (Lipinski definition) is 6. The minimum absolute atomic E-state index is 0.0212. The van der Waals surface area contributed by atoms with Crippen molar-refractivity contribution in [1.29, 1.82) is 0 Å². The number of aliphatic hydroxyl groups excluding tert-OH is 2. The van der Waals surface area contributed by atoms with Gasteiger partial charge in [0, 0.05) is 44.4 Å². The number of nitrogens with zero attached hydrogens (tertiary/aromatic N) is 2. The Morgan fingerprint density at radius 1 is 1.14 bits per heavy atom. The van der Waals surface area contributed by atoms with Gasteiger partial charge in [-0.2, -0.15) is 0 Å². The van der Waals surface area contributed by atoms with Gasteiger partial charge >= 0.3 is 0 Å². The van der Waals surface area contributed by atoms with Gasteiger partial charge in [-0.05, 0) is 50.1 Å². The summed E-state index contributed by atoms with van der Waals surface area (Å²) in [6, 6.07) is 10.4. The van der Waals surface area contributed by atoms with Gasteiger partial charge in [-0.25, -0.2) is 0 Å². The quantitative estimate of drug-likeness (QED) is 0.688. The van der Waals surface area contributed by atoms with E-state index in [0.29, 0.717) is 12.6 Å². The van der Waals surface area contributed by atoms with E-state index in [1.54, 1.807) is 0 Å². The molecule has 0 spiro atoms. The minimum atomic E-state index is -0.0212. The number of furan rings is 1. The highest BCUT2D eigenvalue weighted by atomic mass is 16.5. The molecule has 2 aromatic rings. The molecule has 2 N–H and O–H groups in total. The van der Waals surface area contributed by atoms with Gasteiger partial charge in [0.05, 0.1) is 19.8 Å². The summed E-state index contributed by atoms with van der Waals surface area (Å²) in [6.07, 6.45) is 0.751. The monoisotopic (exact) mass is 388 g/mol. The molecule has 154 valence electrons. The summed E-state index contributed by atoms with van der Waals surface area (Å²) in [6.45, 7) is 9.07. The molecule has 1 atom stereocenters. The van der Waals surface area contributed by atoms with Crippen molar-refractivity contribution in [2.45, 2.75) is 46.0 Å². The van der Waals surface area contributed by atoms with E-state index in [1.807, 2.05) is 38.1 Å². The van der Waals surface area contributed by atoms with Crippen LogP contribution in [0.3, 0.4) is 0 Å². The van der Waals surface area contributed by atoms with Crippen molar-refractivity contribution >= 4 is 0 Å². The molecule has 0 unspecified atom stereocenters. The first-order valence-electron chi connectivity index (χ1n) is 10.1. The lowest BCUT2D eigenvalue weighted by molar-refractivity contribution is 0.0454. The first-order valence-corrected chi connectivity index (χ1v) is 10.1. The Bertz CT molecular complexity index is 746. The second-order valence-corrected chi connectivity index (χ2v) is 7.42. The van der Waals surface area contributed by atoms with Gasteiger partial charge in [-0.3, -0.25) is 9.80 Å². The van der Waals surface area contributed by atoms with Gasteiger partial charge in [-0.15, -0.1) is 0 Å². The maximum absolute atomic E-state index is 9.63. The van der Waals surface area contributed by atoms with Crippen LogP contribution in [0.25, 0.3) is 0 Å². The van der Waals surface area contributed by atoms with E-state index >= 15 is 0 Å². The summed E-state index contributed by atoms with van der Waals surface area (Å²) in [5, 5.41) is 19.1. The van der Waals surface area contributed by atoms with Gasteiger partial charge in [0.1, 0.15) is 17.3 Å². The summed E-state index contributed by atoms with van der Waals surface area (Å²) in [5.41, 5.74) is 2.00. The van der Waals surface area contributed by atoms with Crippen LogP contribution < -0.4 is 4.74 Å². The molecule has 6 heteroatoms. The van der Waals surface area contributed by atoms with Gasteiger partial charge in [0.15, 0.2) is 0 Å². The molecule has 1 aliphatic rings. The van der Waals surface area contributed by atoms with E-state index in [9.17, 15) is 10.2 Å². The summed E-state index contributed by atoms with van der Waals surface area (Å²) < 4.78 is 11.3. The fourth-order valence-electron chi connectivity index (χ4n) is 3.91. The molecule has 0 bridgehead atoms. The molecule has 0 radical (unpaired) electrons. The first kappa shape index (κ1) is 20.9. The van der Waals surface area contributed by atoms with Crippen LogP contribution in [0.5, 0.6) is 5.75 Å². The largest absolute Gasteiger partial charge is 0.494 e. The lowest BCUT2D eigenvalue weighted by Gasteiger charge is -2.41. The summed E-state index contributed by atoms with van der Waals surface area (Å²) in [5.74, 6) is 2.67. The summed E-state index contributed by atoms with van der Waals surface area (Å²) in [7, 11) is 0. The van der Waals surface area contributed by atoms with E-state index in [-0.39, 0.29) is 13.2 Å². The predicted octanol–water partition coefficient (Wildman–Crippen LogP) is 2.55. The van der Waals surface area contributed by atoms with Gasteiger partial charge in [0.25, 0.3) is 0 Å². The molecule has 6 nitrogen and oxygen atoms in total. The van der Waals surface area contributed by atoms with Crippen molar-refractivity contribution in [3.8, 4) is 5.75 Å². The highest BCUT2D eigenvalue weighted by molar-refractivity contribution is 5.37. The second kappa shape index (κ2) is 10.1. The van der Waals surface area contributed by atoms with Crippen molar-refractivity contribution in [2.24, 2.45) is 0 Å². The van der Waals surface area contributed by atoms with Crippen molar-refractivity contribution in [3.63, 3.8) is 0 Å². The van der Waals surface area contributed by atoms with Gasteiger partial charge in [-0.1, -0.05) is 6.07 Å². The Hall–Kier alpha value is -1.86. The molecule has 1 aromatic carbocycles. The van der Waals surface area contributed by atoms with Crippen LogP contribution in [-0.2, 0) is 19.7 Å². The zero-order valence-corrected chi connectivity index (χ0v) is 16.9. The third-order valence-electron chi connectivity index (χ3n) is 5.31. The minimum Gasteiger partial charge on any atom is -0.494 e. The van der Waals surface area contributed by atoms with E-state index in [4.69, 9.17) is 9.15 Å². The molecule has 1 aliphatic heterocycles. The number of benzene rings is 1. The SMILES string of the molecule is CCOc1ccc(CN2CCN(Cc3ccc(C)o3)[C@@H](CCO)C2)cc1CO. The molecule has 2 heterocycles. The number of ether oxygens (including phenoxy) is 1. The highest BCUT2D eigenvalue weighted by Gasteiger charge is 2.27. The number of aliphatic hydroxyl groups is 2. The normalized spacial score (nSPS) is 18.5. The van der Waals surface area contributed by atoms with Gasteiger partial charge < -0.3 is 19.4 Å². The van der Waals surface area contributed by atoms with Crippen molar-refractivity contribution in [1.82, 2.24) is 9.80 Å². The van der Waals surface area contributed by atoms with E-state index in [1.165, 1.54) is 5.56 Å². The Labute approximate surface area is 167 Å². The predicted molar refractivity (Wildman–Crippen MR) is 108 cm³/mol. The molecular formula is C22H32N2O4. The average molecular weight is 389 g/mol. The fraction of sp³-hybridized carbons (Fsp3) is 0.545. The molecule has 0 amide bonds. The summed E-state index contributed by atoms with van der Waals surface area (Å²) in [4.78, 5) is 4.82. The topological polar surface area (TPSA) is 69.3 Å². The van der Waals surface area contributed by atoms with Crippen LogP contribution >= 0.6 is 0 Å². The molecule has 3 rings (SSSR count). The highest BCUT2D eigenvalue weighted by Crippen LogP contribution is 2.23. The zero-order valence-electron chi connectivity index (χ0n) is 16.9. The van der Waals surface area contributed by atoms with Crippen LogP contribution in [0.1, 0.15) is 36.0 Å². The average Bonchev–Trinajstić information content (AvgIpc) is 3.10. The lowest BCUT2D eigenvalue weighted by atomic mass is 10.1. The fourth-order valence-corrected chi connectivity index (χ4v) is 3.91. The number of hydrogen-bond donors (Lipinski definition) is 2. The Kier molecular flexibility index (Phi) is 7.50. The third kappa shape index (κ3) is 5.35. The van der Waals surface area contributed by atoms with Crippen LogP contribution in [0.4, 0.5) is 0 Å². The van der Waals surface area contributed by atoms with E-state index < -0.39 is 0 Å². The third-order valence-corrected chi connectivity index (χ3v) is 5.31. The van der Waals surface area contributed by atoms with Crippen molar-refractivity contribution in [2.75, 3.05) is 32.8 Å². The van der Waals surface area contributed by atoms with E-state index in [2.05, 4.69) is 15.9 Å². The smallest absolute Gasteiger partial charge is 0.124 e. The van der Waals surface area contributed by atoms with Crippen molar-refractivity contribution in [3.05, 3.63) is 53.0 Å². The second-order valence-electron chi connectivity index (χ2n) is 7.42. The summed E-state index contributed by atoms with van der Waals surface area (Å²) >= 11 is 0. The molecule has 1 saturated heterocycles. The molecule has 1 fully saturated rings. The number of aryl methyl sites for hydroxylation is 1. The maximum atomic E-state index is 9.63. The van der Waals surface area contributed by atoms with Crippen molar-refractivity contribution < 1.29 is 19.4 Å². The Morgan fingerprint density at radius 2 is 2.00 bits per heavy atom. The first-order chi connectivity index (χ1) is 13.6. The van der Waals surface area contributed by atoms with Gasteiger partial charge in [0.2, 0.25) is 0 Å². The van der Waals surface area contributed by atoms with Crippen LogP contribution in [0.2, 0.25) is 0 Å². The maximum Gasteiger partial charge on any atom is 0.124 e. The molecule has 28 heavy (non-hydrogen) atoms. The van der Waals surface area contributed by atoms with Crippen LogP contribution in [0.15, 0.2) is 34.7 Å². The molecule has 0 saturated carbocycles. The Morgan fingerprint density at radius 3 is 2.68 bits per heavy atom. The number of rotatable bonds is 9. The molecular weight excluding hydrogens is 356 g/mol. The lowest BCUT2D eigenvalue weighted by Crippen LogP contribution is -2.52. The molecule has 0 aliphatic carbocycles. The Balaban J connectivity index is 1.63. The zero-order chi connectivity index (χ0) is 19.9. The number of piperazine rings is 1. The van der Waals surface area contributed by atoms with Crippen LogP contribution in [-0.4, -0.2) is 58.9 Å². The van der Waals surface area contributed by atoms with E-state index in [0.717, 1.165) is 62.0 Å². The van der Waals surface area contributed by atoms with Crippen LogP contribution in [0, 0.1) is 6.92 Å².